The predicted molar refractivity (Wildman–Crippen MR) is 367 cm³/mol. The highest BCUT2D eigenvalue weighted by atomic mass is 32.2. The maximum Gasteiger partial charge on any atom is 0.410 e. The summed E-state index contributed by atoms with van der Waals surface area (Å²) in [5.74, 6) is 0.286. The lowest BCUT2D eigenvalue weighted by Gasteiger charge is -2.40. The second kappa shape index (κ2) is 32.1. The molecule has 0 bridgehead atoms. The molecule has 0 aliphatic carbocycles. The van der Waals surface area contributed by atoms with Gasteiger partial charge >= 0.3 is 6.09 Å². The fourth-order valence-electron chi connectivity index (χ4n) is 13.2. The molecule has 8 heterocycles. The van der Waals surface area contributed by atoms with Gasteiger partial charge in [0.05, 0.1) is 26.6 Å². The van der Waals surface area contributed by atoms with Gasteiger partial charge < -0.3 is 43.2 Å². The van der Waals surface area contributed by atoms with Crippen molar-refractivity contribution < 1.29 is 37.1 Å². The van der Waals surface area contributed by atoms with Crippen molar-refractivity contribution in [3.63, 3.8) is 0 Å². The molecule has 0 atom stereocenters. The second-order valence-corrected chi connectivity index (χ2v) is 28.4. The largest absolute Gasteiger partial charge is 0.444 e. The monoisotopic (exact) mass is 1400 g/mol. The number of piperidine rings is 4. The number of sulfonamides is 1. The third-order valence-corrected chi connectivity index (χ3v) is 20.3. The summed E-state index contributed by atoms with van der Waals surface area (Å²) in [7, 11) is -3.59. The van der Waals surface area contributed by atoms with Crippen molar-refractivity contribution in [1.29, 1.82) is 0 Å². The zero-order valence-corrected chi connectivity index (χ0v) is 57.8. The first-order valence-corrected chi connectivity index (χ1v) is 34.8. The molecule has 0 spiro atoms. The molecule has 4 fully saturated rings. The Bertz CT molecular complexity index is 4220. The zero-order valence-electron chi connectivity index (χ0n) is 57.0. The van der Waals surface area contributed by atoms with E-state index in [4.69, 9.17) is 27.7 Å². The molecule has 4 aromatic heterocycles. The average molecular weight is 1400 g/mol. The summed E-state index contributed by atoms with van der Waals surface area (Å²) in [6.45, 7) is 12.4. The molecule has 5 amide bonds. The van der Waals surface area contributed by atoms with Gasteiger partial charge in [0.1, 0.15) is 31.8 Å². The van der Waals surface area contributed by atoms with Crippen molar-refractivity contribution in [2.24, 2.45) is 22.9 Å². The summed E-state index contributed by atoms with van der Waals surface area (Å²) in [5.41, 5.74) is 24.1. The van der Waals surface area contributed by atoms with Crippen LogP contribution < -0.4 is 33.6 Å². The molecular formula is C68H86N24O8S. The number of nitrogens with one attached hydrogen (secondary N) is 2. The molecular weight excluding hydrogens is 1310 g/mol. The molecule has 532 valence electrons. The van der Waals surface area contributed by atoms with E-state index in [9.17, 15) is 32.4 Å². The molecule has 0 unspecified atom stereocenters. The van der Waals surface area contributed by atoms with Crippen molar-refractivity contribution in [3.05, 3.63) is 197 Å². The molecule has 33 heteroatoms. The highest BCUT2D eigenvalue weighted by Crippen LogP contribution is 2.43. The Balaban J connectivity index is 0.000000147. The summed E-state index contributed by atoms with van der Waals surface area (Å²) in [5, 5.41) is 57.0. The third-order valence-electron chi connectivity index (χ3n) is 18.4. The van der Waals surface area contributed by atoms with Crippen LogP contribution in [0.15, 0.2) is 150 Å². The predicted octanol–water partition coefficient (Wildman–Crippen LogP) is 2.37. The van der Waals surface area contributed by atoms with Gasteiger partial charge in [-0.1, -0.05) is 139 Å². The molecule has 0 radical (unpaired) electrons. The summed E-state index contributed by atoms with van der Waals surface area (Å²) in [4.78, 5) is 63.7. The van der Waals surface area contributed by atoms with Crippen LogP contribution in [0.5, 0.6) is 0 Å². The number of nitrogens with zero attached hydrogens (tertiary/aromatic N) is 18. The third kappa shape index (κ3) is 17.7. The number of nitrogens with two attached hydrogens (primary N) is 4. The normalized spacial score (nSPS) is 17.0. The van der Waals surface area contributed by atoms with Crippen molar-refractivity contribution in [2.75, 3.05) is 52.4 Å². The minimum absolute atomic E-state index is 0.0455. The van der Waals surface area contributed by atoms with Crippen LogP contribution in [0.4, 0.5) is 4.79 Å². The molecule has 9 aromatic rings. The van der Waals surface area contributed by atoms with Gasteiger partial charge in [0.25, 0.3) is 0 Å². The molecule has 13 rings (SSSR count). The number of hydrogen-bond donors (Lipinski definition) is 6. The van der Waals surface area contributed by atoms with Crippen LogP contribution in [-0.2, 0) is 81.8 Å². The Morgan fingerprint density at radius 2 is 0.703 bits per heavy atom. The Hall–Kier alpha value is -10.6. The Labute approximate surface area is 584 Å². The smallest absolute Gasteiger partial charge is 0.410 e. The number of aromatic nitrogens is 16. The molecule has 4 aliphatic rings. The van der Waals surface area contributed by atoms with Crippen molar-refractivity contribution in [2.45, 2.75) is 137 Å². The minimum atomic E-state index is -3.59. The lowest BCUT2D eigenvalue weighted by molar-refractivity contribution is -0.119. The van der Waals surface area contributed by atoms with Gasteiger partial charge in [0, 0.05) is 26.2 Å². The van der Waals surface area contributed by atoms with Gasteiger partial charge in [-0.2, -0.15) is 23.5 Å². The number of carbonyl (C=O) groups excluding carboxylic acids is 5. The van der Waals surface area contributed by atoms with E-state index in [1.165, 1.54) is 34.6 Å². The molecule has 4 aliphatic heterocycles. The van der Waals surface area contributed by atoms with E-state index in [-0.39, 0.29) is 48.0 Å². The first-order valence-electron chi connectivity index (χ1n) is 33.4. The fraction of sp³-hybridized carbons (Fsp3) is 0.426. The number of aryl methyl sites for hydroxylation is 1. The van der Waals surface area contributed by atoms with Gasteiger partial charge in [0.15, 0.2) is 23.3 Å². The van der Waals surface area contributed by atoms with E-state index in [0.717, 1.165) is 68.6 Å². The van der Waals surface area contributed by atoms with E-state index in [1.807, 2.05) is 125 Å². The van der Waals surface area contributed by atoms with E-state index >= 15 is 0 Å². The summed E-state index contributed by atoms with van der Waals surface area (Å²) < 4.78 is 33.3. The van der Waals surface area contributed by atoms with Crippen molar-refractivity contribution in [1.82, 2.24) is 101 Å². The molecule has 32 nitrogen and oxygen atoms in total. The highest BCUT2D eigenvalue weighted by molar-refractivity contribution is 7.89. The first-order chi connectivity index (χ1) is 48.4. The van der Waals surface area contributed by atoms with Crippen LogP contribution in [-0.4, -0.2) is 186 Å². The quantitative estimate of drug-likeness (QED) is 0.0718. The first kappa shape index (κ1) is 73.1. The number of hydrogen-bond acceptors (Lipinski definition) is 22. The number of rotatable bonds is 18. The standard InChI is InChI=1S/C21H24N6O3S.C19H26N6O3.2C14H18N6O/c1-16-7-9-18(10-8-16)31(29,30)26-13-11-21(12-14-26,17-5-3-2-4-6-17)20-23-25-27(24-20)15-19(22)28;1-18(2,3)28-17(27)24-11-9-19(10-12-24,14-7-5-4-6-8-14)16-21-23-25(22-16)13-15(20)26;2*15-12(21)10-20-18-13(17-19-20)14(6-8-16-9-7-14)11-4-2-1-3-5-11/h2-10H,11-15H2,1H3,(H2,22,28);4-8H,9-13H2,1-3H3,(H2,20,26);2*1-5,16H,6-10H2,(H2,15,21). The number of benzene rings is 5. The molecule has 5 aromatic carbocycles. The Kier molecular flexibility index (Phi) is 23.2. The van der Waals surface area contributed by atoms with Gasteiger partial charge in [-0.25, -0.2) is 13.2 Å². The molecule has 0 saturated carbocycles. The van der Waals surface area contributed by atoms with Crippen LogP contribution in [0.1, 0.15) is 123 Å². The van der Waals surface area contributed by atoms with Crippen LogP contribution in [0.2, 0.25) is 0 Å². The maximum atomic E-state index is 13.1. The van der Waals surface area contributed by atoms with Gasteiger partial charge in [0.2, 0.25) is 33.7 Å². The number of amides is 5. The van der Waals surface area contributed by atoms with Crippen LogP contribution >= 0.6 is 0 Å². The van der Waals surface area contributed by atoms with Crippen molar-refractivity contribution >= 4 is 39.7 Å². The number of ether oxygens (including phenoxy) is 1. The lowest BCUT2D eigenvalue weighted by Crippen LogP contribution is -2.47. The van der Waals surface area contributed by atoms with Gasteiger partial charge in [-0.3, -0.25) is 19.2 Å². The van der Waals surface area contributed by atoms with Crippen LogP contribution in [0.3, 0.4) is 0 Å². The number of primary amides is 4. The maximum absolute atomic E-state index is 13.1. The zero-order chi connectivity index (χ0) is 71.8. The number of tetrazole rings is 4. The topological polar surface area (TPSA) is 438 Å². The summed E-state index contributed by atoms with van der Waals surface area (Å²) >= 11 is 0. The summed E-state index contributed by atoms with van der Waals surface area (Å²) in [6, 6.07) is 47.0. The van der Waals surface area contributed by atoms with E-state index in [2.05, 4.69) is 96.5 Å². The van der Waals surface area contributed by atoms with Crippen LogP contribution in [0.25, 0.3) is 0 Å². The van der Waals surface area contributed by atoms with Gasteiger partial charge in [-0.15, -0.1) is 40.8 Å². The highest BCUT2D eigenvalue weighted by Gasteiger charge is 2.47. The van der Waals surface area contributed by atoms with Crippen molar-refractivity contribution in [3.8, 4) is 0 Å². The molecule has 10 N–H and O–H groups in total. The van der Waals surface area contributed by atoms with E-state index in [0.29, 0.717) is 75.2 Å². The molecule has 101 heavy (non-hydrogen) atoms. The van der Waals surface area contributed by atoms with Crippen LogP contribution in [0, 0.1) is 6.92 Å². The summed E-state index contributed by atoms with van der Waals surface area (Å²) in [6.07, 6.45) is 5.52. The SMILES string of the molecule is CC(C)(C)OC(=O)N1CCC(c2ccccc2)(c2nnn(CC(N)=O)n2)CC1.Cc1ccc(S(=O)(=O)N2CCC(c3ccccc3)(c3nnn(CC(N)=O)n3)CC2)cc1.NC(=O)Cn1nnc(C2(c3ccccc3)CCNCC2)n1.NC(=O)Cn1nnc(C2(c3ccccc3)CCNCC2)n1. The van der Waals surface area contributed by atoms with Gasteiger partial charge in [-0.05, 0) is 160 Å². The Morgan fingerprint density at radius 1 is 0.426 bits per heavy atom. The second-order valence-electron chi connectivity index (χ2n) is 26.4. The van der Waals surface area contributed by atoms with E-state index in [1.54, 1.807) is 29.2 Å². The lowest BCUT2D eigenvalue weighted by atomic mass is 9.72. The number of carbonyl (C=O) groups is 5. The average Bonchev–Trinajstić information content (AvgIpc) is 1.75. The minimum Gasteiger partial charge on any atom is -0.444 e. The Morgan fingerprint density at radius 3 is 0.980 bits per heavy atom. The molecule has 4 saturated heterocycles. The number of likely N-dealkylation sites (tertiary alicyclic amines) is 1. The fourth-order valence-corrected chi connectivity index (χ4v) is 14.7. The van der Waals surface area contributed by atoms with E-state index < -0.39 is 50.1 Å².